The van der Waals surface area contributed by atoms with Crippen molar-refractivity contribution in [2.75, 3.05) is 0 Å². The van der Waals surface area contributed by atoms with Crippen LogP contribution in [-0.4, -0.2) is 11.7 Å². The van der Waals surface area contributed by atoms with Gasteiger partial charge in [-0.2, -0.15) is 5.26 Å². The molecule has 1 aromatic rings. The van der Waals surface area contributed by atoms with E-state index >= 15 is 0 Å². The summed E-state index contributed by atoms with van der Waals surface area (Å²) in [4.78, 5) is 11.6. The predicted molar refractivity (Wildman–Crippen MR) is 68.9 cm³/mol. The van der Waals surface area contributed by atoms with E-state index in [4.69, 9.17) is 10.00 Å². The highest BCUT2D eigenvalue weighted by Gasteiger charge is 2.18. The first-order chi connectivity index (χ1) is 8.31. The van der Waals surface area contributed by atoms with Crippen LogP contribution in [-0.2, 0) is 4.74 Å². The number of amides is 1. The molecule has 0 saturated carbocycles. The summed E-state index contributed by atoms with van der Waals surface area (Å²) in [5.41, 5.74) is 1.03. The molecule has 0 bridgehead atoms. The summed E-state index contributed by atoms with van der Waals surface area (Å²) in [7, 11) is 0. The van der Waals surface area contributed by atoms with Crippen molar-refractivity contribution >= 4 is 6.09 Å². The molecule has 1 atom stereocenters. The fourth-order valence-electron chi connectivity index (χ4n) is 1.41. The van der Waals surface area contributed by atoms with E-state index in [1.165, 1.54) is 0 Å². The molecule has 4 heteroatoms. The molecule has 18 heavy (non-hydrogen) atoms. The molecule has 0 heterocycles. The van der Waals surface area contributed by atoms with Gasteiger partial charge in [-0.15, -0.1) is 0 Å². The molecule has 0 aliphatic rings. The monoisotopic (exact) mass is 246 g/mol. The molecule has 0 spiro atoms. The summed E-state index contributed by atoms with van der Waals surface area (Å²) in [5.74, 6) is 0. The van der Waals surface area contributed by atoms with Gasteiger partial charge in [0.25, 0.3) is 0 Å². The van der Waals surface area contributed by atoms with Crippen LogP contribution < -0.4 is 5.32 Å². The van der Waals surface area contributed by atoms with Crippen LogP contribution in [0.15, 0.2) is 24.3 Å². The molecular formula is C14H18N2O2. The average Bonchev–Trinajstić information content (AvgIpc) is 2.26. The number of nitrogens with one attached hydrogen (secondary N) is 1. The van der Waals surface area contributed by atoms with Gasteiger partial charge in [-0.25, -0.2) is 4.79 Å². The van der Waals surface area contributed by atoms with Crippen LogP contribution in [0.1, 0.15) is 44.9 Å². The first kappa shape index (κ1) is 14.0. The number of nitrogens with zero attached hydrogens (tertiary/aromatic N) is 1. The van der Waals surface area contributed by atoms with E-state index in [0.29, 0.717) is 5.56 Å². The molecule has 1 aromatic carbocycles. The molecule has 0 aliphatic heterocycles. The Bertz CT molecular complexity index is 452. The molecule has 0 radical (unpaired) electrons. The lowest BCUT2D eigenvalue weighted by Crippen LogP contribution is -2.34. The lowest BCUT2D eigenvalue weighted by molar-refractivity contribution is 0.0508. The number of nitriles is 1. The van der Waals surface area contributed by atoms with Crippen molar-refractivity contribution in [1.29, 1.82) is 5.26 Å². The van der Waals surface area contributed by atoms with E-state index in [9.17, 15) is 4.79 Å². The fraction of sp³-hybridized carbons (Fsp3) is 0.429. The van der Waals surface area contributed by atoms with Gasteiger partial charge in [0.05, 0.1) is 17.7 Å². The normalized spacial score (nSPS) is 12.4. The summed E-state index contributed by atoms with van der Waals surface area (Å²) in [6.07, 6.45) is -0.445. The zero-order valence-corrected chi connectivity index (χ0v) is 11.2. The molecule has 0 aromatic heterocycles. The Kier molecular flexibility index (Phi) is 4.33. The van der Waals surface area contributed by atoms with Crippen molar-refractivity contribution in [3.8, 4) is 6.07 Å². The lowest BCUT2D eigenvalue weighted by atomic mass is 10.1. The summed E-state index contributed by atoms with van der Waals surface area (Å²) < 4.78 is 5.17. The molecule has 1 N–H and O–H groups in total. The molecule has 96 valence electrons. The van der Waals surface area contributed by atoms with Gasteiger partial charge in [-0.05, 0) is 45.4 Å². The minimum Gasteiger partial charge on any atom is -0.444 e. The standard InChI is InChI=1S/C14H18N2O2/c1-10(16-13(17)18-14(2,3)4)12-7-5-11(9-15)6-8-12/h5-8,10H,1-4H3,(H,16,17). The Balaban J connectivity index is 2.62. The molecule has 0 saturated heterocycles. The summed E-state index contributed by atoms with van der Waals surface area (Å²) in [6, 6.07) is 8.98. The second kappa shape index (κ2) is 5.54. The number of carbonyl (C=O) groups excluding carboxylic acids is 1. The Morgan fingerprint density at radius 2 is 1.89 bits per heavy atom. The third kappa shape index (κ3) is 4.46. The SMILES string of the molecule is CC(NC(=O)OC(C)(C)C)c1ccc(C#N)cc1. The van der Waals surface area contributed by atoms with Crippen LogP contribution in [0.2, 0.25) is 0 Å². The van der Waals surface area contributed by atoms with E-state index in [2.05, 4.69) is 11.4 Å². The smallest absolute Gasteiger partial charge is 0.408 e. The predicted octanol–water partition coefficient (Wildman–Crippen LogP) is 3.14. The van der Waals surface area contributed by atoms with E-state index in [0.717, 1.165) is 5.56 Å². The first-order valence-electron chi connectivity index (χ1n) is 5.81. The maximum absolute atomic E-state index is 11.6. The second-order valence-corrected chi connectivity index (χ2v) is 5.10. The van der Waals surface area contributed by atoms with Gasteiger partial charge < -0.3 is 10.1 Å². The van der Waals surface area contributed by atoms with Crippen LogP contribution in [0.25, 0.3) is 0 Å². The quantitative estimate of drug-likeness (QED) is 0.871. The van der Waals surface area contributed by atoms with Gasteiger partial charge in [-0.1, -0.05) is 12.1 Å². The zero-order valence-electron chi connectivity index (χ0n) is 11.2. The summed E-state index contributed by atoms with van der Waals surface area (Å²) in [6.45, 7) is 7.32. The van der Waals surface area contributed by atoms with E-state index < -0.39 is 11.7 Å². The number of carbonyl (C=O) groups is 1. The Labute approximate surface area is 108 Å². The number of benzene rings is 1. The van der Waals surface area contributed by atoms with Crippen molar-refractivity contribution in [2.24, 2.45) is 0 Å². The largest absolute Gasteiger partial charge is 0.444 e. The Morgan fingerprint density at radius 1 is 1.33 bits per heavy atom. The van der Waals surface area contributed by atoms with Crippen molar-refractivity contribution in [1.82, 2.24) is 5.32 Å². The molecule has 0 aliphatic carbocycles. The Morgan fingerprint density at radius 3 is 2.33 bits per heavy atom. The van der Waals surface area contributed by atoms with Crippen LogP contribution >= 0.6 is 0 Å². The summed E-state index contributed by atoms with van der Waals surface area (Å²) >= 11 is 0. The molecule has 4 nitrogen and oxygen atoms in total. The number of hydrogen-bond acceptors (Lipinski definition) is 3. The highest BCUT2D eigenvalue weighted by molar-refractivity contribution is 5.68. The van der Waals surface area contributed by atoms with Gasteiger partial charge in [-0.3, -0.25) is 0 Å². The maximum Gasteiger partial charge on any atom is 0.408 e. The fourth-order valence-corrected chi connectivity index (χ4v) is 1.41. The molecule has 0 fully saturated rings. The Hall–Kier alpha value is -2.02. The number of ether oxygens (including phenoxy) is 1. The summed E-state index contributed by atoms with van der Waals surface area (Å²) in [5, 5.41) is 11.4. The molecular weight excluding hydrogens is 228 g/mol. The maximum atomic E-state index is 11.6. The highest BCUT2D eigenvalue weighted by Crippen LogP contribution is 2.14. The van der Waals surface area contributed by atoms with E-state index in [1.54, 1.807) is 12.1 Å². The lowest BCUT2D eigenvalue weighted by Gasteiger charge is -2.22. The second-order valence-electron chi connectivity index (χ2n) is 5.10. The zero-order chi connectivity index (χ0) is 13.8. The van der Waals surface area contributed by atoms with Crippen LogP contribution in [0.4, 0.5) is 4.79 Å². The minimum absolute atomic E-state index is 0.160. The van der Waals surface area contributed by atoms with Gasteiger partial charge in [0.15, 0.2) is 0 Å². The number of rotatable bonds is 2. The first-order valence-corrected chi connectivity index (χ1v) is 5.81. The molecule has 1 rings (SSSR count). The van der Waals surface area contributed by atoms with Crippen LogP contribution in [0.3, 0.4) is 0 Å². The van der Waals surface area contributed by atoms with Gasteiger partial charge in [0.2, 0.25) is 0 Å². The number of hydrogen-bond donors (Lipinski definition) is 1. The van der Waals surface area contributed by atoms with Gasteiger partial charge >= 0.3 is 6.09 Å². The third-order valence-corrected chi connectivity index (χ3v) is 2.27. The van der Waals surface area contributed by atoms with Crippen molar-refractivity contribution in [3.05, 3.63) is 35.4 Å². The van der Waals surface area contributed by atoms with Crippen LogP contribution in [0.5, 0.6) is 0 Å². The van der Waals surface area contributed by atoms with Crippen LogP contribution in [0, 0.1) is 11.3 Å². The van der Waals surface area contributed by atoms with Gasteiger partial charge in [0, 0.05) is 0 Å². The third-order valence-electron chi connectivity index (χ3n) is 2.27. The van der Waals surface area contributed by atoms with Crippen molar-refractivity contribution in [3.63, 3.8) is 0 Å². The number of alkyl carbamates (subject to hydrolysis) is 1. The molecule has 1 amide bonds. The van der Waals surface area contributed by atoms with Crippen molar-refractivity contribution < 1.29 is 9.53 Å². The van der Waals surface area contributed by atoms with E-state index in [1.807, 2.05) is 39.8 Å². The molecule has 1 unspecified atom stereocenters. The minimum atomic E-state index is -0.505. The average molecular weight is 246 g/mol. The highest BCUT2D eigenvalue weighted by atomic mass is 16.6. The van der Waals surface area contributed by atoms with E-state index in [-0.39, 0.29) is 6.04 Å². The van der Waals surface area contributed by atoms with Gasteiger partial charge in [0.1, 0.15) is 5.60 Å². The van der Waals surface area contributed by atoms with Crippen molar-refractivity contribution in [2.45, 2.75) is 39.3 Å². The topological polar surface area (TPSA) is 62.1 Å².